The SMILES string of the molecule is CC(C(=O)NC1CCCC1)N(Cc1ccc(F)cc1)C(=O)Cc1cccc(Cl)c1. The van der Waals surface area contributed by atoms with Crippen molar-refractivity contribution in [1.82, 2.24) is 10.2 Å². The Balaban J connectivity index is 1.76. The van der Waals surface area contributed by atoms with Crippen LogP contribution in [-0.4, -0.2) is 28.8 Å². The van der Waals surface area contributed by atoms with E-state index < -0.39 is 6.04 Å². The van der Waals surface area contributed by atoms with Gasteiger partial charge >= 0.3 is 0 Å². The Morgan fingerprint density at radius 1 is 1.14 bits per heavy atom. The van der Waals surface area contributed by atoms with Crippen molar-refractivity contribution in [3.05, 3.63) is 70.5 Å². The maximum Gasteiger partial charge on any atom is 0.242 e. The van der Waals surface area contributed by atoms with Gasteiger partial charge in [-0.1, -0.05) is 48.7 Å². The zero-order chi connectivity index (χ0) is 20.8. The number of nitrogens with one attached hydrogen (secondary N) is 1. The second-order valence-electron chi connectivity index (χ2n) is 7.62. The summed E-state index contributed by atoms with van der Waals surface area (Å²) in [6.45, 7) is 1.97. The monoisotopic (exact) mass is 416 g/mol. The predicted molar refractivity (Wildman–Crippen MR) is 112 cm³/mol. The topological polar surface area (TPSA) is 49.4 Å². The van der Waals surface area contributed by atoms with Crippen LogP contribution in [0.5, 0.6) is 0 Å². The van der Waals surface area contributed by atoms with Crippen LogP contribution in [0.3, 0.4) is 0 Å². The van der Waals surface area contributed by atoms with E-state index in [1.54, 1.807) is 42.2 Å². The molecule has 2 aromatic rings. The van der Waals surface area contributed by atoms with Gasteiger partial charge in [-0.05, 0) is 55.2 Å². The van der Waals surface area contributed by atoms with Crippen molar-refractivity contribution in [2.75, 3.05) is 0 Å². The second kappa shape index (κ2) is 9.88. The highest BCUT2D eigenvalue weighted by atomic mass is 35.5. The largest absolute Gasteiger partial charge is 0.352 e. The van der Waals surface area contributed by atoms with E-state index >= 15 is 0 Å². The van der Waals surface area contributed by atoms with E-state index in [9.17, 15) is 14.0 Å². The Morgan fingerprint density at radius 3 is 2.48 bits per heavy atom. The number of rotatable bonds is 7. The van der Waals surface area contributed by atoms with Crippen molar-refractivity contribution in [3.8, 4) is 0 Å². The zero-order valence-electron chi connectivity index (χ0n) is 16.5. The molecule has 4 nitrogen and oxygen atoms in total. The normalized spacial score (nSPS) is 15.1. The number of carbonyl (C=O) groups excluding carboxylic acids is 2. The highest BCUT2D eigenvalue weighted by molar-refractivity contribution is 6.30. The molecule has 2 aromatic carbocycles. The van der Waals surface area contributed by atoms with Crippen molar-refractivity contribution in [1.29, 1.82) is 0 Å². The number of hydrogen-bond acceptors (Lipinski definition) is 2. The maximum absolute atomic E-state index is 13.3. The molecule has 0 saturated heterocycles. The first kappa shape index (κ1) is 21.3. The van der Waals surface area contributed by atoms with E-state index in [0.717, 1.165) is 36.8 Å². The Labute approximate surface area is 176 Å². The van der Waals surface area contributed by atoms with E-state index in [4.69, 9.17) is 11.6 Å². The van der Waals surface area contributed by atoms with Crippen LogP contribution in [0.15, 0.2) is 48.5 Å². The maximum atomic E-state index is 13.3. The van der Waals surface area contributed by atoms with Crippen LogP contribution in [0.1, 0.15) is 43.7 Å². The Bertz CT molecular complexity index is 850. The fourth-order valence-electron chi connectivity index (χ4n) is 3.68. The molecule has 1 N–H and O–H groups in total. The van der Waals surface area contributed by atoms with Gasteiger partial charge in [-0.3, -0.25) is 9.59 Å². The highest BCUT2D eigenvalue weighted by Crippen LogP contribution is 2.19. The lowest BCUT2D eigenvalue weighted by atomic mass is 10.1. The smallest absolute Gasteiger partial charge is 0.242 e. The van der Waals surface area contributed by atoms with E-state index in [0.29, 0.717) is 5.02 Å². The first-order chi connectivity index (χ1) is 13.9. The molecule has 0 radical (unpaired) electrons. The molecule has 1 atom stereocenters. The third-order valence-electron chi connectivity index (χ3n) is 5.38. The second-order valence-corrected chi connectivity index (χ2v) is 8.06. The minimum absolute atomic E-state index is 0.142. The summed E-state index contributed by atoms with van der Waals surface area (Å²) in [7, 11) is 0. The summed E-state index contributed by atoms with van der Waals surface area (Å²) < 4.78 is 13.3. The van der Waals surface area contributed by atoms with Crippen molar-refractivity contribution in [3.63, 3.8) is 0 Å². The number of carbonyl (C=O) groups is 2. The van der Waals surface area contributed by atoms with E-state index in [1.807, 2.05) is 6.07 Å². The standard InChI is InChI=1S/C23H26ClFN2O2/c1-16(23(29)26-21-7-2-3-8-21)27(15-17-9-11-20(25)12-10-17)22(28)14-18-5-4-6-19(24)13-18/h4-6,9-13,16,21H,2-3,7-8,14-15H2,1H3,(H,26,29). The number of nitrogens with zero attached hydrogens (tertiary/aromatic N) is 1. The molecule has 1 unspecified atom stereocenters. The lowest BCUT2D eigenvalue weighted by Gasteiger charge is -2.30. The summed E-state index contributed by atoms with van der Waals surface area (Å²) in [5, 5.41) is 3.63. The van der Waals surface area contributed by atoms with Crippen LogP contribution in [-0.2, 0) is 22.6 Å². The molecule has 1 fully saturated rings. The molecule has 0 aliphatic heterocycles. The van der Waals surface area contributed by atoms with Gasteiger partial charge in [0, 0.05) is 17.6 Å². The van der Waals surface area contributed by atoms with Crippen LogP contribution in [0.2, 0.25) is 5.02 Å². The fraction of sp³-hybridized carbons (Fsp3) is 0.391. The Hall–Kier alpha value is -2.40. The molecule has 0 spiro atoms. The van der Waals surface area contributed by atoms with Crippen LogP contribution >= 0.6 is 11.6 Å². The molecular formula is C23H26ClFN2O2. The summed E-state index contributed by atoms with van der Waals surface area (Å²) in [5.41, 5.74) is 1.56. The molecular weight excluding hydrogens is 391 g/mol. The molecule has 29 heavy (non-hydrogen) atoms. The van der Waals surface area contributed by atoms with Crippen LogP contribution < -0.4 is 5.32 Å². The quantitative estimate of drug-likeness (QED) is 0.722. The number of hydrogen-bond donors (Lipinski definition) is 1. The average Bonchev–Trinajstić information content (AvgIpc) is 3.20. The molecule has 0 heterocycles. The van der Waals surface area contributed by atoms with Crippen molar-refractivity contribution < 1.29 is 14.0 Å². The van der Waals surface area contributed by atoms with Gasteiger partial charge in [0.25, 0.3) is 0 Å². The van der Waals surface area contributed by atoms with Crippen molar-refractivity contribution in [2.24, 2.45) is 0 Å². The van der Waals surface area contributed by atoms with Gasteiger partial charge in [0.1, 0.15) is 11.9 Å². The molecule has 6 heteroatoms. The highest BCUT2D eigenvalue weighted by Gasteiger charge is 2.28. The van der Waals surface area contributed by atoms with Crippen molar-refractivity contribution >= 4 is 23.4 Å². The van der Waals surface area contributed by atoms with E-state index in [-0.39, 0.29) is 36.6 Å². The molecule has 154 valence electrons. The number of benzene rings is 2. The fourth-order valence-corrected chi connectivity index (χ4v) is 3.90. The predicted octanol–water partition coefficient (Wildman–Crippen LogP) is 4.50. The van der Waals surface area contributed by atoms with Gasteiger partial charge in [-0.2, -0.15) is 0 Å². The molecule has 0 aromatic heterocycles. The van der Waals surface area contributed by atoms with Gasteiger partial charge in [-0.25, -0.2) is 4.39 Å². The zero-order valence-corrected chi connectivity index (χ0v) is 17.3. The summed E-state index contributed by atoms with van der Waals surface area (Å²) in [6.07, 6.45) is 4.33. The minimum atomic E-state index is -0.632. The third kappa shape index (κ3) is 6.04. The molecule has 0 bridgehead atoms. The Morgan fingerprint density at radius 2 is 1.83 bits per heavy atom. The Kier molecular flexibility index (Phi) is 7.26. The molecule has 3 rings (SSSR count). The average molecular weight is 417 g/mol. The van der Waals surface area contributed by atoms with Crippen molar-refractivity contribution in [2.45, 2.75) is 57.7 Å². The molecule has 1 aliphatic carbocycles. The number of amides is 2. The third-order valence-corrected chi connectivity index (χ3v) is 5.61. The van der Waals surface area contributed by atoms with E-state index in [2.05, 4.69) is 5.32 Å². The first-order valence-corrected chi connectivity index (χ1v) is 10.4. The van der Waals surface area contributed by atoms with Gasteiger partial charge in [0.2, 0.25) is 11.8 Å². The summed E-state index contributed by atoms with van der Waals surface area (Å²) in [4.78, 5) is 27.5. The van der Waals surface area contributed by atoms with Crippen LogP contribution in [0.4, 0.5) is 4.39 Å². The molecule has 1 saturated carbocycles. The van der Waals surface area contributed by atoms with Gasteiger partial charge in [-0.15, -0.1) is 0 Å². The minimum Gasteiger partial charge on any atom is -0.352 e. The van der Waals surface area contributed by atoms with Gasteiger partial charge in [0.15, 0.2) is 0 Å². The number of halogens is 2. The first-order valence-electron chi connectivity index (χ1n) is 10.0. The summed E-state index contributed by atoms with van der Waals surface area (Å²) in [5.74, 6) is -0.665. The van der Waals surface area contributed by atoms with Gasteiger partial charge < -0.3 is 10.2 Å². The summed E-state index contributed by atoms with van der Waals surface area (Å²) in [6, 6.07) is 12.7. The van der Waals surface area contributed by atoms with Gasteiger partial charge in [0.05, 0.1) is 6.42 Å². The van der Waals surface area contributed by atoms with Crippen LogP contribution in [0, 0.1) is 5.82 Å². The lowest BCUT2D eigenvalue weighted by Crippen LogP contribution is -2.50. The lowest BCUT2D eigenvalue weighted by molar-refractivity contribution is -0.140. The van der Waals surface area contributed by atoms with E-state index in [1.165, 1.54) is 12.1 Å². The summed E-state index contributed by atoms with van der Waals surface area (Å²) >= 11 is 6.04. The molecule has 1 aliphatic rings. The van der Waals surface area contributed by atoms with Crippen LogP contribution in [0.25, 0.3) is 0 Å². The molecule has 2 amide bonds.